The van der Waals surface area contributed by atoms with Crippen molar-refractivity contribution in [2.75, 3.05) is 20.5 Å². The largest absolute Gasteiger partial charge is 0.496 e. The SMILES string of the molecule is COc1ccc(OCC(=O)N[C@@H](C)c2ccc3c(c2)OCO3)c([N+](=O)[O-])c1. The molecule has 9 heteroatoms. The number of hydrogen-bond donors (Lipinski definition) is 1. The summed E-state index contributed by atoms with van der Waals surface area (Å²) >= 11 is 0. The summed E-state index contributed by atoms with van der Waals surface area (Å²) in [4.78, 5) is 22.7. The van der Waals surface area contributed by atoms with Crippen molar-refractivity contribution >= 4 is 11.6 Å². The van der Waals surface area contributed by atoms with E-state index < -0.39 is 10.8 Å². The highest BCUT2D eigenvalue weighted by Crippen LogP contribution is 2.34. The van der Waals surface area contributed by atoms with Crippen LogP contribution in [0.4, 0.5) is 5.69 Å². The molecule has 0 radical (unpaired) electrons. The fourth-order valence-electron chi connectivity index (χ4n) is 2.58. The van der Waals surface area contributed by atoms with E-state index in [0.717, 1.165) is 5.56 Å². The molecule has 2 aromatic rings. The standard InChI is InChI=1S/C18H18N2O7/c1-11(12-3-5-16-17(7-12)27-10-26-16)19-18(21)9-25-15-6-4-13(24-2)8-14(15)20(22)23/h3-8,11H,9-10H2,1-2H3,(H,19,21)/t11-/m0/s1. The molecule has 1 atom stereocenters. The molecule has 2 aromatic carbocycles. The molecule has 1 amide bonds. The van der Waals surface area contributed by atoms with Gasteiger partial charge in [0.05, 0.1) is 24.1 Å². The van der Waals surface area contributed by atoms with Gasteiger partial charge in [-0.2, -0.15) is 0 Å². The zero-order chi connectivity index (χ0) is 19.4. The van der Waals surface area contributed by atoms with E-state index in [1.54, 1.807) is 12.1 Å². The van der Waals surface area contributed by atoms with Crippen LogP contribution < -0.4 is 24.3 Å². The lowest BCUT2D eigenvalue weighted by atomic mass is 10.1. The van der Waals surface area contributed by atoms with Gasteiger partial charge in [-0.05, 0) is 36.8 Å². The third-order valence-electron chi connectivity index (χ3n) is 4.00. The van der Waals surface area contributed by atoms with Crippen LogP contribution in [0, 0.1) is 10.1 Å². The molecule has 0 saturated heterocycles. The highest BCUT2D eigenvalue weighted by molar-refractivity contribution is 5.78. The number of nitro groups is 1. The number of carbonyl (C=O) groups excluding carboxylic acids is 1. The first kappa shape index (κ1) is 18.3. The second kappa shape index (κ2) is 7.81. The van der Waals surface area contributed by atoms with Crippen LogP contribution in [-0.4, -0.2) is 31.3 Å². The molecule has 0 unspecified atom stereocenters. The Morgan fingerprint density at radius 3 is 2.78 bits per heavy atom. The molecule has 0 fully saturated rings. The summed E-state index contributed by atoms with van der Waals surface area (Å²) in [5.41, 5.74) is 0.564. The monoisotopic (exact) mass is 374 g/mol. The topological polar surface area (TPSA) is 109 Å². The lowest BCUT2D eigenvalue weighted by Gasteiger charge is -2.15. The molecular weight excluding hydrogens is 356 g/mol. The summed E-state index contributed by atoms with van der Waals surface area (Å²) in [5, 5.41) is 13.9. The van der Waals surface area contributed by atoms with Gasteiger partial charge in [-0.3, -0.25) is 14.9 Å². The van der Waals surface area contributed by atoms with Crippen molar-refractivity contribution in [1.29, 1.82) is 0 Å². The van der Waals surface area contributed by atoms with Crippen LogP contribution in [0.1, 0.15) is 18.5 Å². The van der Waals surface area contributed by atoms with Crippen molar-refractivity contribution in [3.05, 3.63) is 52.1 Å². The molecule has 0 aromatic heterocycles. The van der Waals surface area contributed by atoms with E-state index >= 15 is 0 Å². The minimum Gasteiger partial charge on any atom is -0.496 e. The smallest absolute Gasteiger partial charge is 0.314 e. The van der Waals surface area contributed by atoms with E-state index in [4.69, 9.17) is 18.9 Å². The summed E-state index contributed by atoms with van der Waals surface area (Å²) in [6.07, 6.45) is 0. The minimum atomic E-state index is -0.592. The lowest BCUT2D eigenvalue weighted by Crippen LogP contribution is -2.31. The molecule has 0 saturated carbocycles. The molecule has 27 heavy (non-hydrogen) atoms. The zero-order valence-electron chi connectivity index (χ0n) is 14.8. The Labute approximate surface area is 154 Å². The molecule has 1 N–H and O–H groups in total. The maximum absolute atomic E-state index is 12.2. The van der Waals surface area contributed by atoms with Gasteiger partial charge in [0.25, 0.3) is 5.91 Å². The zero-order valence-corrected chi connectivity index (χ0v) is 14.8. The highest BCUT2D eigenvalue weighted by atomic mass is 16.7. The number of hydrogen-bond acceptors (Lipinski definition) is 7. The molecule has 3 rings (SSSR count). The van der Waals surface area contributed by atoms with Crippen molar-refractivity contribution in [3.63, 3.8) is 0 Å². The Bertz CT molecular complexity index is 869. The van der Waals surface area contributed by atoms with Crippen LogP contribution in [0.3, 0.4) is 0 Å². The number of fused-ring (bicyclic) bond motifs is 1. The van der Waals surface area contributed by atoms with Gasteiger partial charge in [0.2, 0.25) is 6.79 Å². The number of methoxy groups -OCH3 is 1. The van der Waals surface area contributed by atoms with Crippen molar-refractivity contribution in [2.24, 2.45) is 0 Å². The number of ether oxygens (including phenoxy) is 4. The molecule has 0 spiro atoms. The maximum Gasteiger partial charge on any atom is 0.314 e. The molecule has 0 aliphatic carbocycles. The van der Waals surface area contributed by atoms with Crippen LogP contribution in [0.2, 0.25) is 0 Å². The Hall–Kier alpha value is -3.49. The molecule has 1 heterocycles. The molecule has 0 bridgehead atoms. The van der Waals surface area contributed by atoms with Gasteiger partial charge in [0, 0.05) is 0 Å². The molecule has 9 nitrogen and oxygen atoms in total. The van der Waals surface area contributed by atoms with Crippen LogP contribution in [0.5, 0.6) is 23.0 Å². The first-order valence-corrected chi connectivity index (χ1v) is 8.12. The number of rotatable bonds is 7. The Kier molecular flexibility index (Phi) is 5.30. The Morgan fingerprint density at radius 1 is 1.26 bits per heavy atom. The lowest BCUT2D eigenvalue weighted by molar-refractivity contribution is -0.385. The number of benzene rings is 2. The van der Waals surface area contributed by atoms with Gasteiger partial charge < -0.3 is 24.3 Å². The van der Waals surface area contributed by atoms with Gasteiger partial charge in [0.1, 0.15) is 5.75 Å². The van der Waals surface area contributed by atoms with E-state index in [1.165, 1.54) is 25.3 Å². The van der Waals surface area contributed by atoms with Crippen molar-refractivity contribution in [1.82, 2.24) is 5.32 Å². The van der Waals surface area contributed by atoms with Crippen molar-refractivity contribution < 1.29 is 28.7 Å². The van der Waals surface area contributed by atoms with E-state index in [2.05, 4.69) is 5.32 Å². The van der Waals surface area contributed by atoms with Crippen LogP contribution in [-0.2, 0) is 4.79 Å². The predicted molar refractivity (Wildman–Crippen MR) is 94.3 cm³/mol. The van der Waals surface area contributed by atoms with Gasteiger partial charge in [-0.1, -0.05) is 6.07 Å². The van der Waals surface area contributed by atoms with Gasteiger partial charge >= 0.3 is 5.69 Å². The van der Waals surface area contributed by atoms with Gasteiger partial charge in [-0.25, -0.2) is 0 Å². The normalized spacial score (nSPS) is 13.0. The van der Waals surface area contributed by atoms with E-state index in [0.29, 0.717) is 17.2 Å². The average Bonchev–Trinajstić information content (AvgIpc) is 3.13. The second-order valence-electron chi connectivity index (χ2n) is 5.78. The number of carbonyl (C=O) groups is 1. The summed E-state index contributed by atoms with van der Waals surface area (Å²) < 4.78 is 20.9. The van der Waals surface area contributed by atoms with Crippen molar-refractivity contribution in [2.45, 2.75) is 13.0 Å². The third-order valence-corrected chi connectivity index (χ3v) is 4.00. The molecule has 142 valence electrons. The number of nitro benzene ring substituents is 1. The quantitative estimate of drug-likeness (QED) is 0.586. The Morgan fingerprint density at radius 2 is 2.04 bits per heavy atom. The minimum absolute atomic E-state index is 0.00770. The molecule has 1 aliphatic heterocycles. The van der Waals surface area contributed by atoms with Gasteiger partial charge in [-0.15, -0.1) is 0 Å². The van der Waals surface area contributed by atoms with E-state index in [9.17, 15) is 14.9 Å². The molecular formula is C18H18N2O7. The highest BCUT2D eigenvalue weighted by Gasteiger charge is 2.19. The third kappa shape index (κ3) is 4.20. The first-order valence-electron chi connectivity index (χ1n) is 8.12. The summed E-state index contributed by atoms with van der Waals surface area (Å²) in [6, 6.07) is 9.25. The van der Waals surface area contributed by atoms with E-state index in [-0.39, 0.29) is 30.9 Å². The number of nitrogens with one attached hydrogen (secondary N) is 1. The van der Waals surface area contributed by atoms with E-state index in [1.807, 2.05) is 13.0 Å². The summed E-state index contributed by atoms with van der Waals surface area (Å²) in [7, 11) is 1.41. The number of amides is 1. The predicted octanol–water partition coefficient (Wildman–Crippen LogP) is 2.59. The maximum atomic E-state index is 12.2. The average molecular weight is 374 g/mol. The fourth-order valence-corrected chi connectivity index (χ4v) is 2.58. The summed E-state index contributed by atoms with van der Waals surface area (Å²) in [5.74, 6) is 1.19. The van der Waals surface area contributed by atoms with Gasteiger partial charge in [0.15, 0.2) is 23.9 Å². The number of nitrogens with zero attached hydrogens (tertiary/aromatic N) is 1. The first-order chi connectivity index (χ1) is 13.0. The summed E-state index contributed by atoms with van der Waals surface area (Å²) in [6.45, 7) is 1.63. The van der Waals surface area contributed by atoms with Crippen molar-refractivity contribution in [3.8, 4) is 23.0 Å². The van der Waals surface area contributed by atoms with Crippen LogP contribution >= 0.6 is 0 Å². The van der Waals surface area contributed by atoms with Crippen LogP contribution in [0.15, 0.2) is 36.4 Å². The van der Waals surface area contributed by atoms with Crippen LogP contribution in [0.25, 0.3) is 0 Å². The fraction of sp³-hybridized carbons (Fsp3) is 0.278. The second-order valence-corrected chi connectivity index (χ2v) is 5.78. The molecule has 1 aliphatic rings. The Balaban J connectivity index is 1.60.